The maximum absolute atomic E-state index is 12.7. The number of carbonyl (C=O) groups excluding carboxylic acids is 1. The third-order valence-electron chi connectivity index (χ3n) is 5.56. The molecule has 1 amide bonds. The van der Waals surface area contributed by atoms with Crippen molar-refractivity contribution in [3.8, 4) is 0 Å². The Morgan fingerprint density at radius 3 is 2.68 bits per heavy atom. The summed E-state index contributed by atoms with van der Waals surface area (Å²) in [5.74, 6) is 1.98. The van der Waals surface area contributed by atoms with E-state index in [2.05, 4.69) is 25.7 Å². The Kier molecular flexibility index (Phi) is 4.88. The quantitative estimate of drug-likeness (QED) is 0.854. The van der Waals surface area contributed by atoms with Crippen LogP contribution in [-0.2, 0) is 4.79 Å². The molecular weight excluding hydrogens is 236 g/mol. The molecule has 1 heterocycles. The molecule has 2 fully saturated rings. The number of nitrogens with two attached hydrogens (primary N) is 1. The van der Waals surface area contributed by atoms with Crippen LogP contribution in [0.25, 0.3) is 0 Å². The fourth-order valence-electron chi connectivity index (χ4n) is 3.88. The minimum atomic E-state index is -0.305. The molecule has 1 saturated carbocycles. The zero-order chi connectivity index (χ0) is 14.0. The van der Waals surface area contributed by atoms with Gasteiger partial charge in [0, 0.05) is 12.6 Å². The molecule has 2 N–H and O–H groups in total. The summed E-state index contributed by atoms with van der Waals surface area (Å²) >= 11 is 0. The van der Waals surface area contributed by atoms with E-state index in [1.165, 1.54) is 25.7 Å². The number of carbonyl (C=O) groups is 1. The van der Waals surface area contributed by atoms with Crippen LogP contribution in [0.15, 0.2) is 0 Å². The van der Waals surface area contributed by atoms with Gasteiger partial charge in [0.15, 0.2) is 0 Å². The zero-order valence-corrected chi connectivity index (χ0v) is 12.8. The number of piperidine rings is 1. The van der Waals surface area contributed by atoms with Crippen LogP contribution >= 0.6 is 0 Å². The third kappa shape index (κ3) is 2.96. The van der Waals surface area contributed by atoms with Crippen molar-refractivity contribution >= 4 is 5.91 Å². The van der Waals surface area contributed by atoms with E-state index in [1.54, 1.807) is 0 Å². The molecule has 1 saturated heterocycles. The Labute approximate surface area is 117 Å². The molecule has 3 heteroatoms. The Morgan fingerprint density at radius 1 is 1.32 bits per heavy atom. The average molecular weight is 266 g/mol. The Balaban J connectivity index is 2.08. The SMILES string of the molecule is CC[C@H](C)[C@H](N)C(=O)N1CCC(C)C2CCCCC21. The summed E-state index contributed by atoms with van der Waals surface area (Å²) in [6.45, 7) is 7.48. The van der Waals surface area contributed by atoms with Crippen LogP contribution in [0.5, 0.6) is 0 Å². The molecule has 0 radical (unpaired) electrons. The van der Waals surface area contributed by atoms with Crippen LogP contribution < -0.4 is 5.73 Å². The van der Waals surface area contributed by atoms with Crippen molar-refractivity contribution in [2.45, 2.75) is 71.4 Å². The molecule has 0 spiro atoms. The third-order valence-corrected chi connectivity index (χ3v) is 5.56. The minimum absolute atomic E-state index is 0.207. The summed E-state index contributed by atoms with van der Waals surface area (Å²) in [5, 5.41) is 0. The van der Waals surface area contributed by atoms with Crippen molar-refractivity contribution in [1.29, 1.82) is 0 Å². The molecule has 0 aromatic heterocycles. The molecule has 2 aliphatic rings. The van der Waals surface area contributed by atoms with Gasteiger partial charge < -0.3 is 10.6 Å². The molecule has 3 unspecified atom stereocenters. The molecule has 3 nitrogen and oxygen atoms in total. The maximum Gasteiger partial charge on any atom is 0.240 e. The number of hydrogen-bond acceptors (Lipinski definition) is 2. The number of amides is 1. The van der Waals surface area contributed by atoms with Gasteiger partial charge in [-0.1, -0.05) is 40.0 Å². The van der Waals surface area contributed by atoms with E-state index in [-0.39, 0.29) is 17.9 Å². The Hall–Kier alpha value is -0.570. The van der Waals surface area contributed by atoms with Gasteiger partial charge in [-0.15, -0.1) is 0 Å². The van der Waals surface area contributed by atoms with Crippen molar-refractivity contribution in [2.24, 2.45) is 23.5 Å². The molecular formula is C16H30N2O. The molecule has 1 aliphatic carbocycles. The monoisotopic (exact) mass is 266 g/mol. The Bertz CT molecular complexity index is 318. The van der Waals surface area contributed by atoms with Gasteiger partial charge >= 0.3 is 0 Å². The number of rotatable bonds is 3. The first kappa shape index (κ1) is 14.8. The molecule has 0 bridgehead atoms. The Morgan fingerprint density at radius 2 is 2.00 bits per heavy atom. The number of fused-ring (bicyclic) bond motifs is 1. The van der Waals surface area contributed by atoms with Gasteiger partial charge in [0.2, 0.25) is 5.91 Å². The standard InChI is InChI=1S/C16H30N2O/c1-4-11(2)15(17)16(19)18-10-9-12(3)13-7-5-6-8-14(13)18/h11-15H,4-10,17H2,1-3H3/t11-,12?,13?,14?,15-/m0/s1. The predicted molar refractivity (Wildman–Crippen MR) is 78.7 cm³/mol. The first-order chi connectivity index (χ1) is 9.06. The van der Waals surface area contributed by atoms with Gasteiger partial charge in [-0.2, -0.15) is 0 Å². The summed E-state index contributed by atoms with van der Waals surface area (Å²) in [4.78, 5) is 14.8. The van der Waals surface area contributed by atoms with Crippen molar-refractivity contribution in [3.05, 3.63) is 0 Å². The van der Waals surface area contributed by atoms with E-state index in [0.29, 0.717) is 6.04 Å². The highest BCUT2D eigenvalue weighted by atomic mass is 16.2. The molecule has 2 rings (SSSR count). The first-order valence-corrected chi connectivity index (χ1v) is 8.12. The lowest BCUT2D eigenvalue weighted by atomic mass is 9.72. The van der Waals surface area contributed by atoms with E-state index in [0.717, 1.165) is 31.2 Å². The van der Waals surface area contributed by atoms with Gasteiger partial charge in [0.25, 0.3) is 0 Å². The van der Waals surface area contributed by atoms with E-state index in [4.69, 9.17) is 5.73 Å². The molecule has 5 atom stereocenters. The highest BCUT2D eigenvalue weighted by Gasteiger charge is 2.40. The van der Waals surface area contributed by atoms with Crippen LogP contribution in [0.4, 0.5) is 0 Å². The van der Waals surface area contributed by atoms with E-state index in [1.807, 2.05) is 0 Å². The van der Waals surface area contributed by atoms with Crippen LogP contribution in [0.2, 0.25) is 0 Å². The fraction of sp³-hybridized carbons (Fsp3) is 0.938. The number of likely N-dealkylation sites (tertiary alicyclic amines) is 1. The number of hydrogen-bond donors (Lipinski definition) is 1. The summed E-state index contributed by atoms with van der Waals surface area (Å²) < 4.78 is 0. The van der Waals surface area contributed by atoms with Crippen LogP contribution in [0.1, 0.15) is 59.3 Å². The summed E-state index contributed by atoms with van der Waals surface area (Å²) in [6, 6.07) is 0.168. The average Bonchev–Trinajstić information content (AvgIpc) is 2.45. The molecule has 19 heavy (non-hydrogen) atoms. The lowest BCUT2D eigenvalue weighted by Crippen LogP contribution is -2.57. The van der Waals surface area contributed by atoms with Crippen molar-refractivity contribution < 1.29 is 4.79 Å². The van der Waals surface area contributed by atoms with Crippen LogP contribution in [0, 0.1) is 17.8 Å². The van der Waals surface area contributed by atoms with Crippen LogP contribution in [0.3, 0.4) is 0 Å². The summed E-state index contributed by atoms with van der Waals surface area (Å²) in [7, 11) is 0. The highest BCUT2D eigenvalue weighted by Crippen LogP contribution is 2.39. The number of nitrogens with zero attached hydrogens (tertiary/aromatic N) is 1. The van der Waals surface area contributed by atoms with Crippen LogP contribution in [-0.4, -0.2) is 29.4 Å². The fourth-order valence-corrected chi connectivity index (χ4v) is 3.88. The van der Waals surface area contributed by atoms with Crippen molar-refractivity contribution in [1.82, 2.24) is 4.90 Å². The lowest BCUT2D eigenvalue weighted by Gasteiger charge is -2.48. The second kappa shape index (κ2) is 6.25. The van der Waals surface area contributed by atoms with Gasteiger partial charge in [0.05, 0.1) is 6.04 Å². The maximum atomic E-state index is 12.7. The second-order valence-corrected chi connectivity index (χ2v) is 6.72. The van der Waals surface area contributed by atoms with E-state index in [9.17, 15) is 4.79 Å². The molecule has 0 aromatic carbocycles. The predicted octanol–water partition coefficient (Wildman–Crippen LogP) is 2.79. The minimum Gasteiger partial charge on any atom is -0.338 e. The van der Waals surface area contributed by atoms with Crippen molar-refractivity contribution in [3.63, 3.8) is 0 Å². The molecule has 1 aliphatic heterocycles. The smallest absolute Gasteiger partial charge is 0.240 e. The topological polar surface area (TPSA) is 46.3 Å². The summed E-state index contributed by atoms with van der Waals surface area (Å²) in [5.41, 5.74) is 6.17. The van der Waals surface area contributed by atoms with Gasteiger partial charge in [-0.3, -0.25) is 4.79 Å². The first-order valence-electron chi connectivity index (χ1n) is 8.12. The van der Waals surface area contributed by atoms with Gasteiger partial charge in [0.1, 0.15) is 0 Å². The van der Waals surface area contributed by atoms with Crippen molar-refractivity contribution in [2.75, 3.05) is 6.54 Å². The largest absolute Gasteiger partial charge is 0.338 e. The lowest BCUT2D eigenvalue weighted by molar-refractivity contribution is -0.141. The molecule has 110 valence electrons. The normalized spacial score (nSPS) is 34.5. The second-order valence-electron chi connectivity index (χ2n) is 6.72. The highest BCUT2D eigenvalue weighted by molar-refractivity contribution is 5.82. The van der Waals surface area contributed by atoms with E-state index >= 15 is 0 Å². The molecule has 0 aromatic rings. The van der Waals surface area contributed by atoms with Gasteiger partial charge in [-0.05, 0) is 37.0 Å². The summed E-state index contributed by atoms with van der Waals surface area (Å²) in [6.07, 6.45) is 7.23. The zero-order valence-electron chi connectivity index (χ0n) is 12.8. The van der Waals surface area contributed by atoms with E-state index < -0.39 is 0 Å². The van der Waals surface area contributed by atoms with Gasteiger partial charge in [-0.25, -0.2) is 0 Å².